The molecule has 0 bridgehead atoms. The van der Waals surface area contributed by atoms with E-state index in [1.54, 1.807) is 19.3 Å². The van der Waals surface area contributed by atoms with Crippen LogP contribution in [0.5, 0.6) is 0 Å². The van der Waals surface area contributed by atoms with Crippen molar-refractivity contribution in [2.75, 3.05) is 0 Å². The average molecular weight is 182 g/mol. The lowest BCUT2D eigenvalue weighted by molar-refractivity contribution is -0.122. The van der Waals surface area contributed by atoms with Gasteiger partial charge in [-0.2, -0.15) is 5.10 Å². The van der Waals surface area contributed by atoms with Crippen LogP contribution in [0.1, 0.15) is 25.5 Å². The second-order valence-electron chi connectivity index (χ2n) is 3.05. The van der Waals surface area contributed by atoms with Crippen LogP contribution in [0.15, 0.2) is 12.4 Å². The van der Waals surface area contributed by atoms with Gasteiger partial charge in [0.2, 0.25) is 5.91 Å². The Balaban J connectivity index is 2.51. The van der Waals surface area contributed by atoms with Gasteiger partial charge in [-0.3, -0.25) is 9.89 Å². The molecule has 0 aliphatic heterocycles. The molecule has 2 atom stereocenters. The highest BCUT2D eigenvalue weighted by Gasteiger charge is 2.12. The minimum Gasteiger partial charge on any atom is -0.348 e. The number of carbonyl (C=O) groups excluding carboxylic acids is 1. The summed E-state index contributed by atoms with van der Waals surface area (Å²) in [5, 5.41) is 9.23. The van der Waals surface area contributed by atoms with Gasteiger partial charge in [-0.05, 0) is 13.8 Å². The quantitative estimate of drug-likeness (QED) is 0.612. The molecule has 0 fully saturated rings. The second kappa shape index (κ2) is 4.04. The fraction of sp³-hybridized carbons (Fsp3) is 0.500. The number of hydrogen-bond donors (Lipinski definition) is 3. The molecule has 13 heavy (non-hydrogen) atoms. The molecule has 0 aliphatic rings. The molecule has 0 saturated heterocycles. The number of H-pyrrole nitrogens is 1. The van der Waals surface area contributed by atoms with Crippen LogP contribution in [0.3, 0.4) is 0 Å². The van der Waals surface area contributed by atoms with Crippen LogP contribution in [0.4, 0.5) is 0 Å². The third-order valence-electron chi connectivity index (χ3n) is 1.79. The maximum Gasteiger partial charge on any atom is 0.237 e. The Bertz CT molecular complexity index is 268. The summed E-state index contributed by atoms with van der Waals surface area (Å²) in [6.07, 6.45) is 3.41. The molecule has 4 N–H and O–H groups in total. The molecular weight excluding hydrogens is 168 g/mol. The molecule has 1 aromatic rings. The van der Waals surface area contributed by atoms with Crippen molar-refractivity contribution in [3.63, 3.8) is 0 Å². The van der Waals surface area contributed by atoms with Crippen molar-refractivity contribution in [2.45, 2.75) is 25.9 Å². The maximum atomic E-state index is 11.2. The molecular formula is C8H14N4O. The zero-order chi connectivity index (χ0) is 9.84. The Morgan fingerprint density at radius 1 is 1.69 bits per heavy atom. The van der Waals surface area contributed by atoms with Crippen LogP contribution >= 0.6 is 0 Å². The lowest BCUT2D eigenvalue weighted by atomic mass is 10.2. The van der Waals surface area contributed by atoms with E-state index in [2.05, 4.69) is 15.5 Å². The lowest BCUT2D eigenvalue weighted by Crippen LogP contribution is -2.39. The van der Waals surface area contributed by atoms with E-state index in [1.807, 2.05) is 6.92 Å². The van der Waals surface area contributed by atoms with E-state index in [9.17, 15) is 4.79 Å². The predicted molar refractivity (Wildman–Crippen MR) is 48.8 cm³/mol. The maximum absolute atomic E-state index is 11.2. The smallest absolute Gasteiger partial charge is 0.237 e. The minimum atomic E-state index is -0.477. The number of carbonyl (C=O) groups is 1. The van der Waals surface area contributed by atoms with Crippen LogP contribution in [-0.2, 0) is 4.79 Å². The molecule has 1 aromatic heterocycles. The summed E-state index contributed by atoms with van der Waals surface area (Å²) in [7, 11) is 0. The van der Waals surface area contributed by atoms with Crippen molar-refractivity contribution in [1.82, 2.24) is 15.5 Å². The molecule has 2 unspecified atom stereocenters. The first kappa shape index (κ1) is 9.73. The third-order valence-corrected chi connectivity index (χ3v) is 1.79. The van der Waals surface area contributed by atoms with Gasteiger partial charge >= 0.3 is 0 Å². The van der Waals surface area contributed by atoms with Crippen LogP contribution < -0.4 is 11.1 Å². The lowest BCUT2D eigenvalue weighted by Gasteiger charge is -2.13. The highest BCUT2D eigenvalue weighted by molar-refractivity contribution is 5.81. The van der Waals surface area contributed by atoms with Crippen LogP contribution in [0.25, 0.3) is 0 Å². The monoisotopic (exact) mass is 182 g/mol. The molecule has 1 rings (SSSR count). The highest BCUT2D eigenvalue weighted by Crippen LogP contribution is 2.08. The molecule has 0 spiro atoms. The summed E-state index contributed by atoms with van der Waals surface area (Å²) in [6.45, 7) is 3.53. The van der Waals surface area contributed by atoms with Gasteiger partial charge in [0.05, 0.1) is 18.3 Å². The highest BCUT2D eigenvalue weighted by atomic mass is 16.2. The number of nitrogens with zero attached hydrogens (tertiary/aromatic N) is 1. The Morgan fingerprint density at radius 2 is 2.38 bits per heavy atom. The topological polar surface area (TPSA) is 83.8 Å². The number of nitrogens with two attached hydrogens (primary N) is 1. The van der Waals surface area contributed by atoms with E-state index in [1.165, 1.54) is 0 Å². The molecule has 1 amide bonds. The summed E-state index contributed by atoms with van der Waals surface area (Å²) in [5.41, 5.74) is 6.34. The zero-order valence-corrected chi connectivity index (χ0v) is 7.74. The van der Waals surface area contributed by atoms with Crippen molar-refractivity contribution in [2.24, 2.45) is 5.73 Å². The van der Waals surface area contributed by atoms with Gasteiger partial charge in [0.25, 0.3) is 0 Å². The fourth-order valence-corrected chi connectivity index (χ4v) is 0.926. The van der Waals surface area contributed by atoms with Gasteiger partial charge in [0.15, 0.2) is 0 Å². The average Bonchev–Trinajstić information content (AvgIpc) is 2.55. The van der Waals surface area contributed by atoms with Gasteiger partial charge in [0, 0.05) is 11.8 Å². The van der Waals surface area contributed by atoms with E-state index >= 15 is 0 Å². The standard InChI is InChI=1S/C8H14N4O/c1-5(9)8(13)12-6(2)7-3-10-11-4-7/h3-6H,9H2,1-2H3,(H,10,11)(H,12,13). The van der Waals surface area contributed by atoms with E-state index in [0.717, 1.165) is 5.56 Å². The first-order valence-electron chi connectivity index (χ1n) is 4.16. The van der Waals surface area contributed by atoms with Gasteiger partial charge in [-0.25, -0.2) is 0 Å². The fourth-order valence-electron chi connectivity index (χ4n) is 0.926. The summed E-state index contributed by atoms with van der Waals surface area (Å²) >= 11 is 0. The number of aromatic amines is 1. The minimum absolute atomic E-state index is 0.0581. The van der Waals surface area contributed by atoms with E-state index in [-0.39, 0.29) is 11.9 Å². The number of rotatable bonds is 3. The number of aromatic nitrogens is 2. The molecule has 5 heteroatoms. The first-order chi connectivity index (χ1) is 6.11. The molecule has 0 aromatic carbocycles. The van der Waals surface area contributed by atoms with Crippen LogP contribution in [0.2, 0.25) is 0 Å². The van der Waals surface area contributed by atoms with Crippen LogP contribution in [0, 0.1) is 0 Å². The molecule has 0 radical (unpaired) electrons. The van der Waals surface area contributed by atoms with Crippen molar-refractivity contribution in [3.05, 3.63) is 18.0 Å². The van der Waals surface area contributed by atoms with E-state index < -0.39 is 6.04 Å². The predicted octanol–water partition coefficient (Wildman–Crippen LogP) is -0.0659. The molecule has 0 aliphatic carbocycles. The Kier molecular flexibility index (Phi) is 3.02. The normalized spacial score (nSPS) is 15.0. The number of hydrogen-bond acceptors (Lipinski definition) is 3. The zero-order valence-electron chi connectivity index (χ0n) is 7.74. The Labute approximate surface area is 76.7 Å². The SMILES string of the molecule is CC(N)C(=O)NC(C)c1cn[nH]c1. The van der Waals surface area contributed by atoms with Gasteiger partial charge in [0.1, 0.15) is 0 Å². The largest absolute Gasteiger partial charge is 0.348 e. The van der Waals surface area contributed by atoms with Gasteiger partial charge in [-0.1, -0.05) is 0 Å². The Hall–Kier alpha value is -1.36. The summed E-state index contributed by atoms with van der Waals surface area (Å²) < 4.78 is 0. The number of nitrogens with one attached hydrogen (secondary N) is 2. The molecule has 1 heterocycles. The van der Waals surface area contributed by atoms with Gasteiger partial charge < -0.3 is 11.1 Å². The van der Waals surface area contributed by atoms with Crippen molar-refractivity contribution >= 4 is 5.91 Å². The van der Waals surface area contributed by atoms with Gasteiger partial charge in [-0.15, -0.1) is 0 Å². The summed E-state index contributed by atoms with van der Waals surface area (Å²) in [6, 6.07) is -0.536. The first-order valence-corrected chi connectivity index (χ1v) is 4.16. The number of amides is 1. The molecule has 72 valence electrons. The van der Waals surface area contributed by atoms with E-state index in [0.29, 0.717) is 0 Å². The van der Waals surface area contributed by atoms with Crippen molar-refractivity contribution in [1.29, 1.82) is 0 Å². The van der Waals surface area contributed by atoms with Crippen molar-refractivity contribution in [3.8, 4) is 0 Å². The molecule has 5 nitrogen and oxygen atoms in total. The summed E-state index contributed by atoms with van der Waals surface area (Å²) in [5.74, 6) is -0.159. The Morgan fingerprint density at radius 3 is 2.85 bits per heavy atom. The van der Waals surface area contributed by atoms with Crippen molar-refractivity contribution < 1.29 is 4.79 Å². The second-order valence-corrected chi connectivity index (χ2v) is 3.05. The molecule has 0 saturated carbocycles. The third kappa shape index (κ3) is 2.55. The van der Waals surface area contributed by atoms with Crippen LogP contribution in [-0.4, -0.2) is 22.1 Å². The van der Waals surface area contributed by atoms with E-state index in [4.69, 9.17) is 5.73 Å². The summed E-state index contributed by atoms with van der Waals surface area (Å²) in [4.78, 5) is 11.2.